The van der Waals surface area contributed by atoms with Gasteiger partial charge in [0, 0.05) is 18.0 Å². The topological polar surface area (TPSA) is 88.5 Å². The summed E-state index contributed by atoms with van der Waals surface area (Å²) in [6.07, 6.45) is 2.84. The SMILES string of the molecule is CC(C)(C)c1ccc(Oc2ccc3cc(C(=O)CCCN[C@@H](Cc4ccc(-c5ccccc5)cc4)C(=O)O)ncc3c2)cc1. The summed E-state index contributed by atoms with van der Waals surface area (Å²) in [7, 11) is 0. The lowest BCUT2D eigenvalue weighted by molar-refractivity contribution is -0.139. The van der Waals surface area contributed by atoms with Gasteiger partial charge in [-0.05, 0) is 82.8 Å². The molecule has 5 rings (SSSR count). The van der Waals surface area contributed by atoms with E-state index in [0.29, 0.717) is 30.8 Å². The number of nitrogens with one attached hydrogen (secondary N) is 1. The average molecular weight is 587 g/mol. The number of carbonyl (C=O) groups excluding carboxylic acids is 1. The van der Waals surface area contributed by atoms with Gasteiger partial charge in [0.1, 0.15) is 23.2 Å². The van der Waals surface area contributed by atoms with Crippen LogP contribution in [0.4, 0.5) is 0 Å². The first-order valence-corrected chi connectivity index (χ1v) is 15.0. The quantitative estimate of drug-likeness (QED) is 0.113. The summed E-state index contributed by atoms with van der Waals surface area (Å²) in [6.45, 7) is 6.95. The summed E-state index contributed by atoms with van der Waals surface area (Å²) in [6, 6.07) is 32.9. The van der Waals surface area contributed by atoms with Gasteiger partial charge in [0.05, 0.1) is 0 Å². The number of ether oxygens (including phenoxy) is 1. The number of pyridine rings is 1. The highest BCUT2D eigenvalue weighted by atomic mass is 16.5. The highest BCUT2D eigenvalue weighted by molar-refractivity contribution is 5.98. The number of hydrogen-bond acceptors (Lipinski definition) is 5. The number of Topliss-reactive ketones (excluding diaryl/α,β-unsaturated/α-hetero) is 1. The lowest BCUT2D eigenvalue weighted by atomic mass is 9.87. The highest BCUT2D eigenvalue weighted by Gasteiger charge is 2.18. The minimum Gasteiger partial charge on any atom is -0.480 e. The predicted octanol–water partition coefficient (Wildman–Crippen LogP) is 8.24. The minimum absolute atomic E-state index is 0.0728. The number of carboxylic acids is 1. The van der Waals surface area contributed by atoms with Crippen molar-refractivity contribution in [1.82, 2.24) is 10.3 Å². The third kappa shape index (κ3) is 7.97. The van der Waals surface area contributed by atoms with Gasteiger partial charge in [0.25, 0.3) is 0 Å². The summed E-state index contributed by atoms with van der Waals surface area (Å²) in [4.78, 5) is 29.2. The van der Waals surface area contributed by atoms with Crippen molar-refractivity contribution < 1.29 is 19.4 Å². The van der Waals surface area contributed by atoms with Crippen molar-refractivity contribution in [3.8, 4) is 22.6 Å². The zero-order valence-electron chi connectivity index (χ0n) is 25.4. The molecule has 0 bridgehead atoms. The molecule has 0 saturated carbocycles. The first-order chi connectivity index (χ1) is 21.2. The molecule has 0 radical (unpaired) electrons. The van der Waals surface area contributed by atoms with Crippen LogP contribution in [0.15, 0.2) is 109 Å². The number of aliphatic carboxylic acids is 1. The normalized spacial score (nSPS) is 12.2. The summed E-state index contributed by atoms with van der Waals surface area (Å²) in [5.74, 6) is 0.478. The number of rotatable bonds is 12. The molecular weight excluding hydrogens is 548 g/mol. The molecule has 0 aliphatic carbocycles. The number of ketones is 1. The Kier molecular flexibility index (Phi) is 9.51. The van der Waals surface area contributed by atoms with Crippen molar-refractivity contribution in [1.29, 1.82) is 0 Å². The molecule has 0 saturated heterocycles. The van der Waals surface area contributed by atoms with Crippen LogP contribution in [0.3, 0.4) is 0 Å². The Morgan fingerprint density at radius 2 is 1.50 bits per heavy atom. The molecular formula is C38H38N2O4. The molecule has 0 fully saturated rings. The predicted molar refractivity (Wildman–Crippen MR) is 176 cm³/mol. The molecule has 5 aromatic rings. The Balaban J connectivity index is 1.12. The first-order valence-electron chi connectivity index (χ1n) is 15.0. The number of fused-ring (bicyclic) bond motifs is 1. The van der Waals surface area contributed by atoms with Gasteiger partial charge < -0.3 is 15.2 Å². The molecule has 224 valence electrons. The fourth-order valence-corrected chi connectivity index (χ4v) is 5.09. The molecule has 0 spiro atoms. The van der Waals surface area contributed by atoms with E-state index in [2.05, 4.69) is 43.2 Å². The van der Waals surface area contributed by atoms with Crippen LogP contribution in [0.1, 0.15) is 55.2 Å². The van der Waals surface area contributed by atoms with E-state index in [-0.39, 0.29) is 17.6 Å². The van der Waals surface area contributed by atoms with Crippen LogP contribution in [0.25, 0.3) is 21.9 Å². The van der Waals surface area contributed by atoms with Crippen LogP contribution in [0, 0.1) is 0 Å². The number of carbonyl (C=O) groups is 2. The van der Waals surface area contributed by atoms with Crippen LogP contribution in [-0.4, -0.2) is 34.4 Å². The Morgan fingerprint density at radius 3 is 2.18 bits per heavy atom. The smallest absolute Gasteiger partial charge is 0.321 e. The molecule has 0 aliphatic rings. The molecule has 1 aromatic heterocycles. The minimum atomic E-state index is -0.912. The van der Waals surface area contributed by atoms with Gasteiger partial charge in [-0.25, -0.2) is 0 Å². The Bertz CT molecular complexity index is 1720. The Hall–Kier alpha value is -4.81. The van der Waals surface area contributed by atoms with E-state index in [9.17, 15) is 14.7 Å². The second kappa shape index (κ2) is 13.7. The number of aromatic nitrogens is 1. The van der Waals surface area contributed by atoms with Crippen LogP contribution in [-0.2, 0) is 16.6 Å². The van der Waals surface area contributed by atoms with Crippen LogP contribution in [0.2, 0.25) is 0 Å². The lowest BCUT2D eigenvalue weighted by Gasteiger charge is -2.19. The summed E-state index contributed by atoms with van der Waals surface area (Å²) in [5.41, 5.74) is 4.87. The van der Waals surface area contributed by atoms with E-state index in [0.717, 1.165) is 33.2 Å². The summed E-state index contributed by atoms with van der Waals surface area (Å²) in [5, 5.41) is 14.6. The van der Waals surface area contributed by atoms with Crippen LogP contribution in [0.5, 0.6) is 11.5 Å². The van der Waals surface area contributed by atoms with Crippen LogP contribution >= 0.6 is 0 Å². The van der Waals surface area contributed by atoms with Crippen molar-refractivity contribution in [3.63, 3.8) is 0 Å². The second-order valence-corrected chi connectivity index (χ2v) is 12.1. The second-order valence-electron chi connectivity index (χ2n) is 12.1. The zero-order chi connectivity index (χ0) is 31.1. The maximum atomic E-state index is 12.9. The Morgan fingerprint density at radius 1 is 0.818 bits per heavy atom. The molecule has 0 aliphatic heterocycles. The van der Waals surface area contributed by atoms with Crippen molar-refractivity contribution in [3.05, 3.63) is 126 Å². The zero-order valence-corrected chi connectivity index (χ0v) is 25.4. The maximum absolute atomic E-state index is 12.9. The molecule has 0 amide bonds. The fourth-order valence-electron chi connectivity index (χ4n) is 5.09. The molecule has 0 unspecified atom stereocenters. The number of carboxylic acid groups (broad SMARTS) is 1. The van der Waals surface area contributed by atoms with E-state index < -0.39 is 12.0 Å². The number of benzene rings is 4. The number of hydrogen-bond donors (Lipinski definition) is 2. The van der Waals surface area contributed by atoms with Crippen molar-refractivity contribution in [2.75, 3.05) is 6.54 Å². The van der Waals surface area contributed by atoms with E-state index in [1.807, 2.05) is 84.9 Å². The third-order valence-electron chi connectivity index (χ3n) is 7.71. The summed E-state index contributed by atoms with van der Waals surface area (Å²) < 4.78 is 6.05. The first kappa shape index (κ1) is 30.6. The van der Waals surface area contributed by atoms with E-state index in [4.69, 9.17) is 4.74 Å². The van der Waals surface area contributed by atoms with Gasteiger partial charge in [-0.2, -0.15) is 0 Å². The standard InChI is InChI=1S/C38H38N2O4/c1-38(2,3)31-16-19-32(20-17-31)44-33-18-15-29-24-34(40-25-30(29)23-33)36(41)10-7-21-39-35(37(42)43)22-26-11-13-28(14-12-26)27-8-5-4-6-9-27/h4-6,8-9,11-20,23-25,35,39H,7,10,21-22H2,1-3H3,(H,42,43)/t35-/m0/s1. The van der Waals surface area contributed by atoms with Gasteiger partial charge in [-0.3, -0.25) is 14.6 Å². The Labute approximate surface area is 258 Å². The molecule has 6 nitrogen and oxygen atoms in total. The largest absolute Gasteiger partial charge is 0.480 e. The molecule has 6 heteroatoms. The summed E-state index contributed by atoms with van der Waals surface area (Å²) >= 11 is 0. The van der Waals surface area contributed by atoms with Gasteiger partial charge in [-0.15, -0.1) is 0 Å². The molecule has 1 heterocycles. The van der Waals surface area contributed by atoms with Crippen molar-refractivity contribution in [2.24, 2.45) is 0 Å². The van der Waals surface area contributed by atoms with E-state index in [1.54, 1.807) is 12.3 Å². The van der Waals surface area contributed by atoms with Gasteiger partial charge >= 0.3 is 5.97 Å². The fraction of sp³-hybridized carbons (Fsp3) is 0.237. The molecule has 1 atom stereocenters. The molecule has 44 heavy (non-hydrogen) atoms. The van der Waals surface area contributed by atoms with Crippen molar-refractivity contribution >= 4 is 22.5 Å². The van der Waals surface area contributed by atoms with Gasteiger partial charge in [0.2, 0.25) is 0 Å². The average Bonchev–Trinajstić information content (AvgIpc) is 3.02. The molecule has 2 N–H and O–H groups in total. The van der Waals surface area contributed by atoms with Crippen LogP contribution < -0.4 is 10.1 Å². The lowest BCUT2D eigenvalue weighted by Crippen LogP contribution is -2.39. The van der Waals surface area contributed by atoms with Gasteiger partial charge in [0.15, 0.2) is 5.78 Å². The van der Waals surface area contributed by atoms with E-state index >= 15 is 0 Å². The monoisotopic (exact) mass is 586 g/mol. The molecule has 4 aromatic carbocycles. The van der Waals surface area contributed by atoms with Crippen molar-refractivity contribution in [2.45, 2.75) is 51.5 Å². The van der Waals surface area contributed by atoms with Gasteiger partial charge in [-0.1, -0.05) is 93.6 Å². The van der Waals surface area contributed by atoms with E-state index in [1.165, 1.54) is 5.56 Å². The number of nitrogens with zero attached hydrogens (tertiary/aromatic N) is 1. The third-order valence-corrected chi connectivity index (χ3v) is 7.71. The maximum Gasteiger partial charge on any atom is 0.321 e. The highest BCUT2D eigenvalue weighted by Crippen LogP contribution is 2.29.